The third-order valence-corrected chi connectivity index (χ3v) is 13.6. The predicted octanol–water partition coefficient (Wildman–Crippen LogP) is 7.99. The van der Waals surface area contributed by atoms with E-state index >= 15 is 0 Å². The number of esters is 1. The van der Waals surface area contributed by atoms with Gasteiger partial charge >= 0.3 is 5.97 Å². The van der Waals surface area contributed by atoms with Crippen molar-refractivity contribution in [2.24, 2.45) is 0 Å². The summed E-state index contributed by atoms with van der Waals surface area (Å²) in [6, 6.07) is 17.9. The van der Waals surface area contributed by atoms with Crippen molar-refractivity contribution < 1.29 is 36.7 Å². The van der Waals surface area contributed by atoms with Crippen molar-refractivity contribution in [2.75, 3.05) is 56.4 Å². The van der Waals surface area contributed by atoms with Gasteiger partial charge in [-0.2, -0.15) is 0 Å². The van der Waals surface area contributed by atoms with E-state index in [-0.39, 0.29) is 35.7 Å². The summed E-state index contributed by atoms with van der Waals surface area (Å²) in [7, 11) is -0.180. The molecule has 63 heavy (non-hydrogen) atoms. The Bertz CT molecular complexity index is 2530. The lowest BCUT2D eigenvalue weighted by molar-refractivity contribution is -0.143. The third kappa shape index (κ3) is 13.8. The maximum Gasteiger partial charge on any atom is 0.305 e. The minimum Gasteiger partial charge on any atom is -0.491 e. The summed E-state index contributed by atoms with van der Waals surface area (Å²) in [4.78, 5) is 52.7. The van der Waals surface area contributed by atoms with Crippen LogP contribution in [-0.2, 0) is 38.9 Å². The maximum absolute atomic E-state index is 14.9. The molecule has 3 heterocycles. The molecule has 0 aliphatic carbocycles. The Hall–Kier alpha value is -5.41. The summed E-state index contributed by atoms with van der Waals surface area (Å²) >= 11 is 2.68. The molecular formula is C46H53FN6O7S3. The number of nitrogens with zero attached hydrogens (tertiary/aromatic N) is 4. The van der Waals surface area contributed by atoms with Crippen LogP contribution in [-0.4, -0.2) is 87.2 Å². The molecule has 0 bridgehead atoms. The summed E-state index contributed by atoms with van der Waals surface area (Å²) in [5.41, 5.74) is 3.70. The van der Waals surface area contributed by atoms with E-state index in [1.165, 1.54) is 34.8 Å². The molecule has 3 aromatic carbocycles. The number of ether oxygens (including phenoxy) is 2. The normalized spacial score (nSPS) is 12.4. The number of nitrogens with one attached hydrogen (secondary N) is 2. The third-order valence-electron chi connectivity index (χ3n) is 10.2. The summed E-state index contributed by atoms with van der Waals surface area (Å²) in [5, 5.41) is 3.98. The Balaban J connectivity index is 1.12. The summed E-state index contributed by atoms with van der Waals surface area (Å²) in [5.74, 6) is 3.93. The standard InChI is InChI=1S/C46H53FN6O7S3/c1-4-59-41(54)22-9-7-5-6-8-12-29-63(57,58)51-44(56)42-40(21-15-28-60-38-24-23-32(30-36(38)47)16-14-26-52(2)3)62-46(49-42)53-27-25-33-17-13-18-34(35(33)31-53)43(55)50-45-48-37-19-10-11-20-39(37)61-45/h10-11,13,17-20,23-24,30H,4-9,12,15,21-22,25-29,31H2,1-3H3,(H,51,56)(H,48,50,55). The van der Waals surface area contributed by atoms with Gasteiger partial charge in [0, 0.05) is 35.5 Å². The van der Waals surface area contributed by atoms with Crippen molar-refractivity contribution in [1.29, 1.82) is 0 Å². The molecule has 0 spiro atoms. The van der Waals surface area contributed by atoms with Crippen LogP contribution >= 0.6 is 22.7 Å². The zero-order chi connectivity index (χ0) is 44.8. The van der Waals surface area contributed by atoms with Gasteiger partial charge in [-0.3, -0.25) is 24.6 Å². The van der Waals surface area contributed by atoms with Crippen LogP contribution in [0.5, 0.6) is 5.75 Å². The maximum atomic E-state index is 14.9. The molecule has 0 fully saturated rings. The highest BCUT2D eigenvalue weighted by atomic mass is 32.2. The van der Waals surface area contributed by atoms with Crippen molar-refractivity contribution in [3.63, 3.8) is 0 Å². The van der Waals surface area contributed by atoms with Crippen molar-refractivity contribution in [3.05, 3.63) is 99.3 Å². The van der Waals surface area contributed by atoms with Crippen molar-refractivity contribution >= 4 is 71.0 Å². The molecule has 2 N–H and O–H groups in total. The van der Waals surface area contributed by atoms with Crippen molar-refractivity contribution in [2.45, 2.75) is 77.7 Å². The van der Waals surface area contributed by atoms with Crippen LogP contribution in [0.25, 0.3) is 10.2 Å². The summed E-state index contributed by atoms with van der Waals surface area (Å²) in [6.45, 7) is 3.70. The first-order valence-corrected chi connectivity index (χ1v) is 24.5. The van der Waals surface area contributed by atoms with Crippen LogP contribution < -0.4 is 19.7 Å². The molecule has 0 unspecified atom stereocenters. The average molecular weight is 917 g/mol. The van der Waals surface area contributed by atoms with E-state index in [0.717, 1.165) is 47.0 Å². The first kappa shape index (κ1) is 47.1. The fraction of sp³-hybridized carbons (Fsp3) is 0.413. The van der Waals surface area contributed by atoms with Gasteiger partial charge in [0.15, 0.2) is 21.8 Å². The van der Waals surface area contributed by atoms with Gasteiger partial charge in [-0.1, -0.05) is 73.1 Å². The largest absolute Gasteiger partial charge is 0.491 e. The number of fused-ring (bicyclic) bond motifs is 2. The van der Waals surface area contributed by atoms with Crippen LogP contribution in [0.3, 0.4) is 0 Å². The van der Waals surface area contributed by atoms with E-state index in [9.17, 15) is 27.2 Å². The van der Waals surface area contributed by atoms with Crippen molar-refractivity contribution in [1.82, 2.24) is 19.6 Å². The second-order valence-electron chi connectivity index (χ2n) is 15.4. The molecule has 0 radical (unpaired) electrons. The number of amides is 2. The number of carbonyl (C=O) groups is 3. The molecule has 0 atom stereocenters. The van der Waals surface area contributed by atoms with Gasteiger partial charge in [0.1, 0.15) is 5.69 Å². The van der Waals surface area contributed by atoms with E-state index in [4.69, 9.17) is 14.5 Å². The summed E-state index contributed by atoms with van der Waals surface area (Å²) < 4.78 is 55.2. The van der Waals surface area contributed by atoms with Crippen LogP contribution in [0.1, 0.15) is 101 Å². The Morgan fingerprint density at radius 2 is 1.73 bits per heavy atom. The van der Waals surface area contributed by atoms with E-state index < -0.39 is 21.7 Å². The number of carbonyl (C=O) groups excluding carboxylic acids is 3. The number of unbranched alkanes of at least 4 members (excludes halogenated alkanes) is 5. The molecule has 2 amide bonds. The smallest absolute Gasteiger partial charge is 0.305 e. The van der Waals surface area contributed by atoms with Crippen LogP contribution in [0.4, 0.5) is 14.7 Å². The second-order valence-corrected chi connectivity index (χ2v) is 19.3. The number of rotatable bonds is 21. The highest BCUT2D eigenvalue weighted by molar-refractivity contribution is 7.90. The van der Waals surface area contributed by atoms with E-state index in [1.54, 1.807) is 19.1 Å². The Kier molecular flexibility index (Phi) is 17.0. The molecule has 0 saturated heterocycles. The number of aryl methyl sites for hydroxylation is 1. The zero-order valence-corrected chi connectivity index (χ0v) is 38.3. The van der Waals surface area contributed by atoms with E-state index in [0.29, 0.717) is 91.0 Å². The lowest BCUT2D eigenvalue weighted by atomic mass is 9.94. The monoisotopic (exact) mass is 916 g/mol. The SMILES string of the molecule is CCOC(=O)CCCCCCCCS(=O)(=O)NC(=O)c1nc(N2CCc3cccc(C(=O)Nc4nc5ccccc5s4)c3C2)sc1CCCOc1ccc(C#CCN(C)C)cc1F. The molecule has 6 rings (SSSR count). The highest BCUT2D eigenvalue weighted by Gasteiger charge is 2.28. The van der Waals surface area contributed by atoms with Gasteiger partial charge in [0.05, 0.1) is 35.7 Å². The fourth-order valence-electron chi connectivity index (χ4n) is 7.02. The van der Waals surface area contributed by atoms with Crippen LogP contribution in [0.15, 0.2) is 60.7 Å². The molecule has 2 aromatic heterocycles. The number of hydrogen-bond acceptors (Lipinski definition) is 13. The predicted molar refractivity (Wildman–Crippen MR) is 247 cm³/mol. The molecule has 0 saturated carbocycles. The van der Waals surface area contributed by atoms with Gasteiger partial charge in [0.2, 0.25) is 10.0 Å². The number of sulfonamides is 1. The van der Waals surface area contributed by atoms with E-state index in [2.05, 4.69) is 26.9 Å². The number of hydrogen-bond donors (Lipinski definition) is 2. The fourth-order valence-corrected chi connectivity index (χ4v) is 10.1. The van der Waals surface area contributed by atoms with E-state index in [1.807, 2.05) is 60.3 Å². The molecular weight excluding hydrogens is 864 g/mol. The lowest BCUT2D eigenvalue weighted by Crippen LogP contribution is -2.34. The minimum absolute atomic E-state index is 0.000308. The van der Waals surface area contributed by atoms with Gasteiger partial charge in [0.25, 0.3) is 11.8 Å². The molecule has 1 aliphatic rings. The minimum atomic E-state index is -3.98. The number of thiazole rings is 2. The van der Waals surface area contributed by atoms with Crippen LogP contribution in [0, 0.1) is 17.7 Å². The van der Waals surface area contributed by atoms with Gasteiger partial charge in [-0.25, -0.2) is 27.5 Å². The summed E-state index contributed by atoms with van der Waals surface area (Å²) in [6.07, 6.45) is 5.95. The first-order chi connectivity index (χ1) is 30.4. The quantitative estimate of drug-likeness (QED) is 0.0418. The zero-order valence-electron chi connectivity index (χ0n) is 35.8. The lowest BCUT2D eigenvalue weighted by Gasteiger charge is -2.29. The second kappa shape index (κ2) is 22.8. The molecule has 17 heteroatoms. The Labute approximate surface area is 376 Å². The molecule has 334 valence electrons. The van der Waals surface area contributed by atoms with Gasteiger partial charge in [-0.05, 0) is 101 Å². The van der Waals surface area contributed by atoms with Crippen molar-refractivity contribution in [3.8, 4) is 17.6 Å². The molecule has 5 aromatic rings. The number of benzene rings is 3. The number of aromatic nitrogens is 2. The topological polar surface area (TPSA) is 160 Å². The number of para-hydroxylation sites is 1. The number of halogens is 1. The highest BCUT2D eigenvalue weighted by Crippen LogP contribution is 2.34. The van der Waals surface area contributed by atoms with Gasteiger partial charge < -0.3 is 14.4 Å². The number of anilines is 2. The Morgan fingerprint density at radius 3 is 2.51 bits per heavy atom. The Morgan fingerprint density at radius 1 is 0.937 bits per heavy atom. The van der Waals surface area contributed by atoms with Gasteiger partial charge in [-0.15, -0.1) is 11.3 Å². The first-order valence-electron chi connectivity index (χ1n) is 21.2. The average Bonchev–Trinajstić information content (AvgIpc) is 3.87. The molecule has 1 aliphatic heterocycles. The van der Waals surface area contributed by atoms with Crippen LogP contribution in [0.2, 0.25) is 0 Å². The molecule has 13 nitrogen and oxygen atoms in total.